The van der Waals surface area contributed by atoms with E-state index < -0.39 is 10.0 Å². The number of hydrogen-bond donors (Lipinski definition) is 1. The van der Waals surface area contributed by atoms with Crippen LogP contribution >= 0.6 is 0 Å². The van der Waals surface area contributed by atoms with Gasteiger partial charge in [0.05, 0.1) is 10.6 Å². The van der Waals surface area contributed by atoms with Crippen molar-refractivity contribution >= 4 is 27.3 Å². The molecule has 1 amide bonds. The second-order valence-electron chi connectivity index (χ2n) is 7.61. The molecule has 154 valence electrons. The van der Waals surface area contributed by atoms with Gasteiger partial charge in [-0.1, -0.05) is 30.3 Å². The average molecular weight is 421 g/mol. The summed E-state index contributed by atoms with van der Waals surface area (Å²) in [6, 6.07) is 19.6. The highest BCUT2D eigenvalue weighted by molar-refractivity contribution is 7.92. The molecule has 0 aromatic heterocycles. The van der Waals surface area contributed by atoms with E-state index in [1.54, 1.807) is 12.1 Å². The van der Waals surface area contributed by atoms with Crippen LogP contribution in [0.1, 0.15) is 33.5 Å². The van der Waals surface area contributed by atoms with E-state index >= 15 is 0 Å². The Labute approximate surface area is 177 Å². The van der Waals surface area contributed by atoms with Crippen LogP contribution in [0.2, 0.25) is 0 Å². The molecule has 0 bridgehead atoms. The Morgan fingerprint density at radius 1 is 0.967 bits per heavy atom. The number of benzene rings is 3. The van der Waals surface area contributed by atoms with E-state index in [-0.39, 0.29) is 10.8 Å². The largest absolute Gasteiger partial charge is 0.322 e. The van der Waals surface area contributed by atoms with Crippen molar-refractivity contribution in [3.8, 4) is 0 Å². The number of amides is 1. The number of carbonyl (C=O) groups excluding carboxylic acids is 1. The third-order valence-corrected chi connectivity index (χ3v) is 7.24. The topological polar surface area (TPSA) is 66.5 Å². The van der Waals surface area contributed by atoms with Gasteiger partial charge in [0.1, 0.15) is 0 Å². The molecule has 0 unspecified atom stereocenters. The van der Waals surface area contributed by atoms with Gasteiger partial charge in [-0.3, -0.25) is 9.10 Å². The minimum atomic E-state index is -3.69. The standard InChI is InChI=1S/C24H24N2O3S/c1-17-9-10-18(2)22(16-17)25-24(27)20-11-13-21(14-12-20)30(28,29)26-15-5-7-19-6-3-4-8-23(19)26/h3-4,6,8-14,16H,5,7,15H2,1-2H3,(H,25,27). The molecule has 0 radical (unpaired) electrons. The van der Waals surface area contributed by atoms with E-state index in [1.165, 1.54) is 16.4 Å². The first-order chi connectivity index (χ1) is 14.4. The first-order valence-electron chi connectivity index (χ1n) is 9.95. The SMILES string of the molecule is Cc1ccc(C)c(NC(=O)c2ccc(S(=O)(=O)N3CCCc4ccccc43)cc2)c1. The lowest BCUT2D eigenvalue weighted by Crippen LogP contribution is -2.35. The molecule has 1 N–H and O–H groups in total. The Kier molecular flexibility index (Phi) is 5.35. The van der Waals surface area contributed by atoms with E-state index in [4.69, 9.17) is 0 Å². The van der Waals surface area contributed by atoms with Gasteiger partial charge in [0.15, 0.2) is 0 Å². The summed E-state index contributed by atoms with van der Waals surface area (Å²) in [5.41, 5.74) is 4.96. The maximum atomic E-state index is 13.2. The lowest BCUT2D eigenvalue weighted by molar-refractivity contribution is 0.102. The van der Waals surface area contributed by atoms with Gasteiger partial charge in [-0.05, 0) is 79.8 Å². The maximum absolute atomic E-state index is 13.2. The first-order valence-corrected chi connectivity index (χ1v) is 11.4. The van der Waals surface area contributed by atoms with Crippen LogP contribution < -0.4 is 9.62 Å². The molecule has 6 heteroatoms. The predicted molar refractivity (Wildman–Crippen MR) is 120 cm³/mol. The van der Waals surface area contributed by atoms with Crippen molar-refractivity contribution < 1.29 is 13.2 Å². The lowest BCUT2D eigenvalue weighted by atomic mass is 10.0. The molecule has 1 heterocycles. The van der Waals surface area contributed by atoms with Crippen LogP contribution in [0.5, 0.6) is 0 Å². The van der Waals surface area contributed by atoms with Crippen LogP contribution in [0, 0.1) is 13.8 Å². The van der Waals surface area contributed by atoms with Crippen molar-refractivity contribution in [3.63, 3.8) is 0 Å². The molecule has 0 atom stereocenters. The molecule has 0 aliphatic carbocycles. The Balaban J connectivity index is 1.58. The van der Waals surface area contributed by atoms with Gasteiger partial charge in [-0.15, -0.1) is 0 Å². The average Bonchev–Trinajstić information content (AvgIpc) is 2.76. The number of rotatable bonds is 4. The summed E-state index contributed by atoms with van der Waals surface area (Å²) in [5, 5.41) is 2.90. The number of hydrogen-bond acceptors (Lipinski definition) is 3. The highest BCUT2D eigenvalue weighted by Crippen LogP contribution is 2.31. The zero-order chi connectivity index (χ0) is 21.3. The lowest BCUT2D eigenvalue weighted by Gasteiger charge is -2.30. The third kappa shape index (κ3) is 3.83. The summed E-state index contributed by atoms with van der Waals surface area (Å²) in [4.78, 5) is 12.8. The number of anilines is 2. The monoisotopic (exact) mass is 420 g/mol. The van der Waals surface area contributed by atoms with Gasteiger partial charge in [-0.25, -0.2) is 8.42 Å². The van der Waals surface area contributed by atoms with Crippen LogP contribution in [0.15, 0.2) is 71.6 Å². The number of para-hydroxylation sites is 1. The quantitative estimate of drug-likeness (QED) is 0.665. The fourth-order valence-corrected chi connectivity index (χ4v) is 5.26. The zero-order valence-corrected chi connectivity index (χ0v) is 17.9. The number of carbonyl (C=O) groups is 1. The van der Waals surface area contributed by atoms with Crippen LogP contribution in [0.4, 0.5) is 11.4 Å². The van der Waals surface area contributed by atoms with Gasteiger partial charge < -0.3 is 5.32 Å². The summed E-state index contributed by atoms with van der Waals surface area (Å²) in [6.45, 7) is 4.35. The molecular weight excluding hydrogens is 396 g/mol. The number of sulfonamides is 1. The van der Waals surface area contributed by atoms with Gasteiger partial charge in [-0.2, -0.15) is 0 Å². The van der Waals surface area contributed by atoms with E-state index in [1.807, 2.05) is 56.3 Å². The van der Waals surface area contributed by atoms with E-state index in [9.17, 15) is 13.2 Å². The zero-order valence-electron chi connectivity index (χ0n) is 17.1. The van der Waals surface area contributed by atoms with E-state index in [0.29, 0.717) is 12.1 Å². The Morgan fingerprint density at radius 2 is 1.70 bits per heavy atom. The summed E-state index contributed by atoms with van der Waals surface area (Å²) >= 11 is 0. The second-order valence-corrected chi connectivity index (χ2v) is 9.47. The second kappa shape index (κ2) is 7.95. The van der Waals surface area contributed by atoms with Crippen molar-refractivity contribution in [1.82, 2.24) is 0 Å². The molecule has 3 aromatic rings. The normalized spacial score (nSPS) is 13.6. The summed E-state index contributed by atoms with van der Waals surface area (Å²) < 4.78 is 27.9. The third-order valence-electron chi connectivity index (χ3n) is 5.41. The molecule has 0 spiro atoms. The fourth-order valence-electron chi connectivity index (χ4n) is 3.72. The Hall–Kier alpha value is -3.12. The molecule has 1 aliphatic heterocycles. The van der Waals surface area contributed by atoms with Crippen LogP contribution in [0.3, 0.4) is 0 Å². The van der Waals surface area contributed by atoms with Crippen LogP contribution in [0.25, 0.3) is 0 Å². The van der Waals surface area contributed by atoms with Crippen LogP contribution in [-0.2, 0) is 16.4 Å². The van der Waals surface area contributed by atoms with Crippen molar-refractivity contribution in [1.29, 1.82) is 0 Å². The smallest absolute Gasteiger partial charge is 0.264 e. The Morgan fingerprint density at radius 3 is 2.47 bits per heavy atom. The number of nitrogens with one attached hydrogen (secondary N) is 1. The summed E-state index contributed by atoms with van der Waals surface area (Å²) in [5.74, 6) is -0.268. The number of fused-ring (bicyclic) bond motifs is 1. The van der Waals surface area contributed by atoms with Crippen molar-refractivity contribution in [3.05, 3.63) is 89.0 Å². The highest BCUT2D eigenvalue weighted by Gasteiger charge is 2.28. The van der Waals surface area contributed by atoms with Gasteiger partial charge in [0.25, 0.3) is 15.9 Å². The molecule has 0 fully saturated rings. The molecule has 0 saturated carbocycles. The van der Waals surface area contributed by atoms with Crippen molar-refractivity contribution in [2.45, 2.75) is 31.6 Å². The number of aryl methyl sites for hydroxylation is 3. The first kappa shape index (κ1) is 20.2. The predicted octanol–water partition coefficient (Wildman–Crippen LogP) is 4.70. The molecule has 3 aromatic carbocycles. The molecule has 5 nitrogen and oxygen atoms in total. The molecule has 0 saturated heterocycles. The molecule has 1 aliphatic rings. The van der Waals surface area contributed by atoms with Gasteiger partial charge >= 0.3 is 0 Å². The molecule has 4 rings (SSSR count). The minimum absolute atomic E-state index is 0.183. The number of nitrogens with zero attached hydrogens (tertiary/aromatic N) is 1. The van der Waals surface area contributed by atoms with Gasteiger partial charge in [0.2, 0.25) is 0 Å². The van der Waals surface area contributed by atoms with Crippen LogP contribution in [-0.4, -0.2) is 20.9 Å². The van der Waals surface area contributed by atoms with Crippen molar-refractivity contribution in [2.24, 2.45) is 0 Å². The molecule has 30 heavy (non-hydrogen) atoms. The summed E-state index contributed by atoms with van der Waals surface area (Å²) in [6.07, 6.45) is 1.66. The molecular formula is C24H24N2O3S. The maximum Gasteiger partial charge on any atom is 0.264 e. The van der Waals surface area contributed by atoms with E-state index in [0.717, 1.165) is 40.9 Å². The van der Waals surface area contributed by atoms with E-state index in [2.05, 4.69) is 5.32 Å². The highest BCUT2D eigenvalue weighted by atomic mass is 32.2. The minimum Gasteiger partial charge on any atom is -0.322 e. The summed E-state index contributed by atoms with van der Waals surface area (Å²) in [7, 11) is -3.69. The van der Waals surface area contributed by atoms with Crippen molar-refractivity contribution in [2.75, 3.05) is 16.2 Å². The Bertz CT molecular complexity index is 1200. The van der Waals surface area contributed by atoms with Gasteiger partial charge in [0, 0.05) is 17.8 Å². The fraction of sp³-hybridized carbons (Fsp3) is 0.208.